The van der Waals surface area contributed by atoms with Gasteiger partial charge in [-0.05, 0) is 92.6 Å². The number of benzene rings is 3. The van der Waals surface area contributed by atoms with Crippen molar-refractivity contribution in [1.82, 2.24) is 20.4 Å². The number of amides is 2. The second-order valence-corrected chi connectivity index (χ2v) is 13.9. The van der Waals surface area contributed by atoms with Crippen molar-refractivity contribution in [1.29, 1.82) is 0 Å². The van der Waals surface area contributed by atoms with Crippen molar-refractivity contribution >= 4 is 28.4 Å². The smallest absolute Gasteiger partial charge is 0.435 e. The van der Waals surface area contributed by atoms with E-state index < -0.39 is 40.2 Å². The number of ether oxygens (including phenoxy) is 1. The molecule has 14 heteroatoms. The minimum absolute atomic E-state index is 0.0295. The lowest BCUT2D eigenvalue weighted by atomic mass is 9.97. The maximum Gasteiger partial charge on any atom is 0.435 e. The summed E-state index contributed by atoms with van der Waals surface area (Å²) in [7, 11) is -2.56. The first-order valence-corrected chi connectivity index (χ1v) is 17.1. The van der Waals surface area contributed by atoms with Crippen molar-refractivity contribution < 1.29 is 35.9 Å². The summed E-state index contributed by atoms with van der Waals surface area (Å²) in [5.41, 5.74) is 1.17. The quantitative estimate of drug-likeness (QED) is 0.127. The number of aromatic nitrogens is 2. The van der Waals surface area contributed by atoms with Crippen LogP contribution in [-0.4, -0.2) is 42.3 Å². The predicted molar refractivity (Wildman–Crippen MR) is 179 cm³/mol. The van der Waals surface area contributed by atoms with E-state index in [2.05, 4.69) is 21.0 Å². The predicted octanol–water partition coefficient (Wildman–Crippen LogP) is 6.37. The molecule has 1 aromatic heterocycles. The van der Waals surface area contributed by atoms with E-state index in [9.17, 15) is 31.2 Å². The van der Waals surface area contributed by atoms with Crippen LogP contribution in [0.3, 0.4) is 0 Å². The number of hydrogen-bond donors (Lipinski definition) is 4. The number of rotatable bonds is 12. The van der Waals surface area contributed by atoms with Crippen LogP contribution in [-0.2, 0) is 33.9 Å². The Bertz CT molecular complexity index is 1870. The number of halogens is 3. The Kier molecular flexibility index (Phi) is 10.8. The molecular formula is C35H38F3N5O5S. The average molecular weight is 698 g/mol. The topological polar surface area (TPSA) is 131 Å². The first-order chi connectivity index (χ1) is 23.1. The molecule has 0 bridgehead atoms. The highest BCUT2D eigenvalue weighted by atomic mass is 32.2. The Morgan fingerprint density at radius 2 is 1.65 bits per heavy atom. The van der Waals surface area contributed by atoms with Crippen LogP contribution in [0.25, 0.3) is 5.69 Å². The van der Waals surface area contributed by atoms with E-state index in [-0.39, 0.29) is 29.7 Å². The van der Waals surface area contributed by atoms with Gasteiger partial charge in [-0.25, -0.2) is 17.9 Å². The van der Waals surface area contributed by atoms with E-state index in [0.717, 1.165) is 35.2 Å². The van der Waals surface area contributed by atoms with Crippen LogP contribution in [0.1, 0.15) is 78.1 Å². The summed E-state index contributed by atoms with van der Waals surface area (Å²) in [5, 5.41) is 12.6. The molecule has 1 saturated carbocycles. The summed E-state index contributed by atoms with van der Waals surface area (Å²) in [6.45, 7) is 5.96. The Labute approximate surface area is 284 Å². The fourth-order valence-corrected chi connectivity index (χ4v) is 5.66. The summed E-state index contributed by atoms with van der Waals surface area (Å²) < 4.78 is 70.0. The second-order valence-electron chi connectivity index (χ2n) is 12.9. The zero-order valence-corrected chi connectivity index (χ0v) is 28.1. The van der Waals surface area contributed by atoms with Gasteiger partial charge in [0.25, 0.3) is 5.91 Å². The maximum atomic E-state index is 13.8. The molecule has 3 N–H and O–H groups in total. The minimum Gasteiger partial charge on any atom is -0.444 e. The number of carbonyl (C=O) groups excluding carboxylic acids is 2. The lowest BCUT2D eigenvalue weighted by molar-refractivity contribution is -0.141. The van der Waals surface area contributed by atoms with E-state index in [0.29, 0.717) is 28.8 Å². The minimum atomic E-state index is -4.81. The van der Waals surface area contributed by atoms with Crippen molar-refractivity contribution in [3.05, 3.63) is 113 Å². The zero-order chi connectivity index (χ0) is 35.3. The number of nitrogens with zero attached hydrogens (tertiary/aromatic N) is 2. The molecule has 1 atom stereocenters. The number of hydrogen-bond acceptors (Lipinski definition) is 7. The number of alkyl carbamates (subject to hydrolysis) is 1. The number of anilines is 1. The van der Waals surface area contributed by atoms with Crippen LogP contribution in [0.4, 0.5) is 23.7 Å². The van der Waals surface area contributed by atoms with E-state index in [1.165, 1.54) is 12.1 Å². The normalized spacial score (nSPS) is 14.0. The fourth-order valence-electron chi connectivity index (χ4n) is 5.16. The van der Waals surface area contributed by atoms with Crippen molar-refractivity contribution in [2.45, 2.75) is 63.7 Å². The van der Waals surface area contributed by atoms with Crippen LogP contribution in [0, 0.1) is 5.92 Å². The molecule has 0 spiro atoms. The second kappa shape index (κ2) is 14.8. The van der Waals surface area contributed by atoms with Crippen LogP contribution in [0.2, 0.25) is 0 Å². The third-order valence-corrected chi connectivity index (χ3v) is 8.26. The van der Waals surface area contributed by atoms with E-state index in [4.69, 9.17) is 4.74 Å². The molecule has 49 heavy (non-hydrogen) atoms. The highest BCUT2D eigenvalue weighted by Crippen LogP contribution is 2.32. The van der Waals surface area contributed by atoms with Crippen LogP contribution >= 0.6 is 0 Å². The van der Waals surface area contributed by atoms with Gasteiger partial charge in [-0.15, -0.1) is 0 Å². The van der Waals surface area contributed by atoms with Crippen LogP contribution < -0.4 is 16.0 Å². The van der Waals surface area contributed by atoms with Gasteiger partial charge < -0.3 is 20.7 Å². The fraction of sp³-hybridized carbons (Fsp3) is 0.343. The standard InChI is InChI=1S/C35H38F3N5O5S/c1-34(2,3)48-33(45)40-20-24-6-4-9-28(16-24)43-29(18-30(42-43)35(36,37)38)32(44)41-27-8-5-7-26(17-27)31(39-19-22-10-11-22)25-14-12-23(13-15-25)21-49(46)47/h4-9,12-18,22,31,39,49H,10-11,19-21H2,1-3H3,(H,40,45)(H,41,44). The van der Waals surface area contributed by atoms with Gasteiger partial charge in [0.05, 0.1) is 17.5 Å². The first kappa shape index (κ1) is 35.6. The number of nitrogens with one attached hydrogen (secondary N) is 3. The summed E-state index contributed by atoms with van der Waals surface area (Å²) in [6.07, 6.45) is -3.21. The highest BCUT2D eigenvalue weighted by Gasteiger charge is 2.36. The Hall–Kier alpha value is -4.69. The SMILES string of the molecule is CC(C)(C)OC(=O)NCc1cccc(-n2nc(C(F)(F)F)cc2C(=O)Nc2cccc(C(NCC3CC3)c3ccc(C[SH](=O)=O)cc3)c2)c1. The van der Waals surface area contributed by atoms with Gasteiger partial charge in [-0.1, -0.05) is 48.5 Å². The van der Waals surface area contributed by atoms with Gasteiger partial charge in [-0.2, -0.15) is 18.3 Å². The Morgan fingerprint density at radius 1 is 0.939 bits per heavy atom. The summed E-state index contributed by atoms with van der Waals surface area (Å²) in [5.74, 6) is -0.308. The molecule has 1 aliphatic rings. The van der Waals surface area contributed by atoms with E-state index >= 15 is 0 Å². The molecule has 1 fully saturated rings. The van der Waals surface area contributed by atoms with Gasteiger partial charge in [0.2, 0.25) is 0 Å². The molecule has 260 valence electrons. The molecular weight excluding hydrogens is 659 g/mol. The number of thiol groups is 1. The molecule has 5 rings (SSSR count). The summed E-state index contributed by atoms with van der Waals surface area (Å²) in [6, 6.07) is 21.0. The van der Waals surface area contributed by atoms with E-state index in [1.807, 2.05) is 18.2 Å². The average Bonchev–Trinajstić information content (AvgIpc) is 3.73. The molecule has 1 heterocycles. The lowest BCUT2D eigenvalue weighted by Crippen LogP contribution is -2.32. The van der Waals surface area contributed by atoms with Crippen molar-refractivity contribution in [2.75, 3.05) is 11.9 Å². The molecule has 10 nitrogen and oxygen atoms in total. The molecule has 0 aliphatic heterocycles. The maximum absolute atomic E-state index is 13.8. The van der Waals surface area contributed by atoms with Crippen molar-refractivity contribution in [3.8, 4) is 5.69 Å². The third-order valence-electron chi connectivity index (χ3n) is 7.63. The third kappa shape index (κ3) is 10.2. The zero-order valence-electron chi connectivity index (χ0n) is 27.2. The van der Waals surface area contributed by atoms with Gasteiger partial charge in [-0.3, -0.25) is 4.79 Å². The van der Waals surface area contributed by atoms with Crippen LogP contribution in [0.15, 0.2) is 78.9 Å². The van der Waals surface area contributed by atoms with Gasteiger partial charge >= 0.3 is 12.3 Å². The molecule has 1 aliphatic carbocycles. The van der Waals surface area contributed by atoms with Crippen molar-refractivity contribution in [2.24, 2.45) is 5.92 Å². The highest BCUT2D eigenvalue weighted by molar-refractivity contribution is 7.71. The molecule has 0 radical (unpaired) electrons. The Balaban J connectivity index is 1.39. The summed E-state index contributed by atoms with van der Waals surface area (Å²) >= 11 is 0. The molecule has 4 aromatic rings. The van der Waals surface area contributed by atoms with Gasteiger partial charge in [0.15, 0.2) is 5.69 Å². The Morgan fingerprint density at radius 3 is 2.31 bits per heavy atom. The number of alkyl halides is 3. The molecule has 1 unspecified atom stereocenters. The number of carbonyl (C=O) groups is 2. The van der Waals surface area contributed by atoms with Crippen LogP contribution in [0.5, 0.6) is 0 Å². The molecule has 3 aromatic carbocycles. The molecule has 2 amide bonds. The largest absolute Gasteiger partial charge is 0.444 e. The van der Waals surface area contributed by atoms with Gasteiger partial charge in [0, 0.05) is 18.3 Å². The monoisotopic (exact) mass is 697 g/mol. The molecule has 0 saturated heterocycles. The van der Waals surface area contributed by atoms with Crippen molar-refractivity contribution in [3.63, 3.8) is 0 Å². The van der Waals surface area contributed by atoms with E-state index in [1.54, 1.807) is 63.2 Å². The lowest BCUT2D eigenvalue weighted by Gasteiger charge is -2.21. The summed E-state index contributed by atoms with van der Waals surface area (Å²) in [4.78, 5) is 25.7. The first-order valence-electron chi connectivity index (χ1n) is 15.7. The van der Waals surface area contributed by atoms with Gasteiger partial charge in [0.1, 0.15) is 22.0 Å².